The highest BCUT2D eigenvalue weighted by molar-refractivity contribution is 7.89. The minimum atomic E-state index is -3.93. The van der Waals surface area contributed by atoms with Gasteiger partial charge in [0, 0.05) is 31.9 Å². The number of nitrogens with two attached hydrogens (primary N) is 1. The maximum Gasteiger partial charge on any atom is 0.256 e. The number of hydrogen-bond acceptors (Lipinski definition) is 7. The van der Waals surface area contributed by atoms with Crippen LogP contribution in [0.3, 0.4) is 0 Å². The van der Waals surface area contributed by atoms with Crippen LogP contribution in [0, 0.1) is 6.92 Å². The molecule has 0 spiro atoms. The molecule has 0 bridgehead atoms. The van der Waals surface area contributed by atoms with Crippen LogP contribution in [0.2, 0.25) is 0 Å². The first-order valence-electron chi connectivity index (χ1n) is 8.43. The fraction of sp³-hybridized carbons (Fsp3) is 0.412. The third-order valence-electron chi connectivity index (χ3n) is 4.30. The Bertz CT molecular complexity index is 935. The molecule has 1 fully saturated rings. The molecule has 146 valence electrons. The van der Waals surface area contributed by atoms with E-state index >= 15 is 0 Å². The summed E-state index contributed by atoms with van der Waals surface area (Å²) in [6.45, 7) is 4.31. The van der Waals surface area contributed by atoms with Crippen LogP contribution in [-0.4, -0.2) is 57.7 Å². The molecule has 1 saturated heterocycles. The van der Waals surface area contributed by atoms with Crippen molar-refractivity contribution >= 4 is 21.6 Å². The zero-order valence-electron chi connectivity index (χ0n) is 15.2. The van der Waals surface area contributed by atoms with Crippen LogP contribution in [-0.2, 0) is 21.3 Å². The molecule has 0 aliphatic carbocycles. The van der Waals surface area contributed by atoms with Gasteiger partial charge in [-0.3, -0.25) is 4.79 Å². The quantitative estimate of drug-likeness (QED) is 0.794. The Hall–Kier alpha value is -2.43. The number of ether oxygens (including phenoxy) is 1. The average molecular weight is 394 g/mol. The summed E-state index contributed by atoms with van der Waals surface area (Å²) in [5, 5.41) is 9.14. The van der Waals surface area contributed by atoms with E-state index in [2.05, 4.69) is 5.16 Å². The first-order chi connectivity index (χ1) is 12.8. The zero-order chi connectivity index (χ0) is 19.6. The van der Waals surface area contributed by atoms with Crippen molar-refractivity contribution in [3.8, 4) is 0 Å². The molecule has 1 aromatic heterocycles. The van der Waals surface area contributed by atoms with E-state index in [1.54, 1.807) is 26.1 Å². The van der Waals surface area contributed by atoms with Gasteiger partial charge in [0.25, 0.3) is 5.91 Å². The maximum absolute atomic E-state index is 13.1. The smallest absolute Gasteiger partial charge is 0.256 e. The predicted molar refractivity (Wildman–Crippen MR) is 97.9 cm³/mol. The molecule has 3 rings (SSSR count). The lowest BCUT2D eigenvalue weighted by Crippen LogP contribution is -2.38. The molecule has 9 nitrogen and oxygen atoms in total. The molecule has 1 aliphatic heterocycles. The molecule has 0 unspecified atom stereocenters. The summed E-state index contributed by atoms with van der Waals surface area (Å²) in [5.74, 6) is 0.318. The lowest BCUT2D eigenvalue weighted by Gasteiger charge is -2.31. The molecule has 10 heteroatoms. The first kappa shape index (κ1) is 19.3. The normalized spacial score (nSPS) is 15.0. The van der Waals surface area contributed by atoms with Crippen molar-refractivity contribution in [3.05, 3.63) is 41.3 Å². The number of anilines is 1. The average Bonchev–Trinajstić information content (AvgIpc) is 3.05. The standard InChI is InChI=1S/C17H22N4O5S/c1-12-9-13(19-26-12)11-20(2)17(22)15-10-14(27(18,23)24)3-4-16(15)21-5-7-25-8-6-21/h3-4,9-10H,5-8,11H2,1-2H3,(H2,18,23,24). The minimum absolute atomic E-state index is 0.103. The van der Waals surface area contributed by atoms with E-state index in [0.717, 1.165) is 0 Å². The Labute approximate surface area is 157 Å². The number of carbonyl (C=O) groups is 1. The van der Waals surface area contributed by atoms with Gasteiger partial charge in [-0.25, -0.2) is 13.6 Å². The van der Waals surface area contributed by atoms with E-state index in [1.165, 1.54) is 17.0 Å². The second kappa shape index (κ2) is 7.67. The van der Waals surface area contributed by atoms with E-state index in [0.29, 0.717) is 43.4 Å². The Morgan fingerprint density at radius 3 is 2.59 bits per heavy atom. The van der Waals surface area contributed by atoms with E-state index in [-0.39, 0.29) is 22.9 Å². The van der Waals surface area contributed by atoms with Crippen molar-refractivity contribution in [2.45, 2.75) is 18.4 Å². The summed E-state index contributed by atoms with van der Waals surface area (Å²) in [4.78, 5) is 16.4. The molecule has 0 atom stereocenters. The van der Waals surface area contributed by atoms with Crippen LogP contribution < -0.4 is 10.0 Å². The van der Waals surface area contributed by atoms with Gasteiger partial charge in [-0.05, 0) is 25.1 Å². The summed E-state index contributed by atoms with van der Waals surface area (Å²) < 4.78 is 33.9. The maximum atomic E-state index is 13.1. The number of nitrogens with zero attached hydrogens (tertiary/aromatic N) is 3. The van der Waals surface area contributed by atoms with Gasteiger partial charge in [0.2, 0.25) is 10.0 Å². The number of aromatic nitrogens is 1. The first-order valence-corrected chi connectivity index (χ1v) is 9.97. The molecule has 0 saturated carbocycles. The number of hydrogen-bond donors (Lipinski definition) is 1. The number of morpholine rings is 1. The number of rotatable bonds is 5. The summed E-state index contributed by atoms with van der Waals surface area (Å²) in [7, 11) is -2.30. The van der Waals surface area contributed by atoms with Gasteiger partial charge >= 0.3 is 0 Å². The topological polar surface area (TPSA) is 119 Å². The third kappa shape index (κ3) is 4.46. The summed E-state index contributed by atoms with van der Waals surface area (Å²) in [6.07, 6.45) is 0. The molecule has 2 N–H and O–H groups in total. The number of primary sulfonamides is 1. The zero-order valence-corrected chi connectivity index (χ0v) is 16.0. The second-order valence-electron chi connectivity index (χ2n) is 6.41. The molecule has 0 radical (unpaired) electrons. The SMILES string of the molecule is Cc1cc(CN(C)C(=O)c2cc(S(N)(=O)=O)ccc2N2CCOCC2)no1. The third-order valence-corrected chi connectivity index (χ3v) is 5.21. The Kier molecular flexibility index (Phi) is 5.49. The van der Waals surface area contributed by atoms with Crippen molar-refractivity contribution < 1.29 is 22.5 Å². The van der Waals surface area contributed by atoms with E-state index in [9.17, 15) is 13.2 Å². The molecule has 2 aromatic rings. The van der Waals surface area contributed by atoms with Crippen LogP contribution in [0.5, 0.6) is 0 Å². The molecular formula is C17H22N4O5S. The largest absolute Gasteiger partial charge is 0.378 e. The molecule has 1 amide bonds. The number of sulfonamides is 1. The summed E-state index contributed by atoms with van der Waals surface area (Å²) in [6, 6.07) is 6.10. The number of aryl methyl sites for hydroxylation is 1. The number of benzene rings is 1. The Morgan fingerprint density at radius 1 is 1.30 bits per heavy atom. The number of carbonyl (C=O) groups excluding carboxylic acids is 1. The Balaban J connectivity index is 1.95. The van der Waals surface area contributed by atoms with Gasteiger partial charge in [0.05, 0.1) is 30.2 Å². The van der Waals surface area contributed by atoms with Crippen LogP contribution in [0.4, 0.5) is 5.69 Å². The molecule has 27 heavy (non-hydrogen) atoms. The van der Waals surface area contributed by atoms with Crippen LogP contribution >= 0.6 is 0 Å². The van der Waals surface area contributed by atoms with Crippen molar-refractivity contribution in [3.63, 3.8) is 0 Å². The van der Waals surface area contributed by atoms with Crippen molar-refractivity contribution in [2.24, 2.45) is 5.14 Å². The van der Waals surface area contributed by atoms with Crippen LogP contribution in [0.1, 0.15) is 21.8 Å². The highest BCUT2D eigenvalue weighted by atomic mass is 32.2. The Morgan fingerprint density at radius 2 is 2.00 bits per heavy atom. The fourth-order valence-corrected chi connectivity index (χ4v) is 3.50. The van der Waals surface area contributed by atoms with Gasteiger partial charge in [0.15, 0.2) is 0 Å². The summed E-state index contributed by atoms with van der Waals surface area (Å²) in [5.41, 5.74) is 1.53. The predicted octanol–water partition coefficient (Wildman–Crippen LogP) is 0.739. The highest BCUT2D eigenvalue weighted by Crippen LogP contribution is 2.26. The minimum Gasteiger partial charge on any atom is -0.378 e. The lowest BCUT2D eigenvalue weighted by atomic mass is 10.1. The lowest BCUT2D eigenvalue weighted by molar-refractivity contribution is 0.0781. The number of amides is 1. The molecule has 2 heterocycles. The summed E-state index contributed by atoms with van der Waals surface area (Å²) >= 11 is 0. The van der Waals surface area contributed by atoms with Gasteiger partial charge in [-0.1, -0.05) is 5.16 Å². The molecule has 1 aliphatic rings. The van der Waals surface area contributed by atoms with Crippen molar-refractivity contribution in [1.82, 2.24) is 10.1 Å². The van der Waals surface area contributed by atoms with Crippen LogP contribution in [0.25, 0.3) is 0 Å². The van der Waals surface area contributed by atoms with E-state index < -0.39 is 10.0 Å². The van der Waals surface area contributed by atoms with Crippen molar-refractivity contribution in [2.75, 3.05) is 38.3 Å². The second-order valence-corrected chi connectivity index (χ2v) is 7.97. The van der Waals surface area contributed by atoms with Crippen molar-refractivity contribution in [1.29, 1.82) is 0 Å². The van der Waals surface area contributed by atoms with Gasteiger partial charge < -0.3 is 19.1 Å². The van der Waals surface area contributed by atoms with E-state index in [4.69, 9.17) is 14.4 Å². The van der Waals surface area contributed by atoms with Gasteiger partial charge in [-0.2, -0.15) is 0 Å². The molecule has 1 aromatic carbocycles. The monoisotopic (exact) mass is 394 g/mol. The fourth-order valence-electron chi connectivity index (χ4n) is 2.96. The van der Waals surface area contributed by atoms with Crippen LogP contribution in [0.15, 0.2) is 33.7 Å². The van der Waals surface area contributed by atoms with Gasteiger partial charge in [-0.15, -0.1) is 0 Å². The van der Waals surface area contributed by atoms with E-state index in [1.807, 2.05) is 4.90 Å². The van der Waals surface area contributed by atoms with Gasteiger partial charge in [0.1, 0.15) is 11.5 Å². The highest BCUT2D eigenvalue weighted by Gasteiger charge is 2.24. The molecular weight excluding hydrogens is 372 g/mol.